The fourth-order valence-corrected chi connectivity index (χ4v) is 1.78. The van der Waals surface area contributed by atoms with Gasteiger partial charge in [0, 0.05) is 7.05 Å². The Balaban J connectivity index is 2.31. The minimum atomic E-state index is 0.389. The summed E-state index contributed by atoms with van der Waals surface area (Å²) in [5, 5.41) is 0. The number of nitrogens with zero attached hydrogens (tertiary/aromatic N) is 1. The normalized spacial score (nSPS) is 20.1. The molecule has 0 bridgehead atoms. The molecular weight excluding hydrogens is 170 g/mol. The van der Waals surface area contributed by atoms with Gasteiger partial charge in [-0.1, -0.05) is 42.0 Å². The molecule has 1 heterocycles. The molecule has 0 saturated carbocycles. The highest BCUT2D eigenvalue weighted by Gasteiger charge is 2.12. The summed E-state index contributed by atoms with van der Waals surface area (Å²) in [7, 11) is 2.10. The first-order chi connectivity index (χ1) is 6.77. The molecule has 0 N–H and O–H groups in total. The van der Waals surface area contributed by atoms with Crippen molar-refractivity contribution in [2.45, 2.75) is 13.0 Å². The highest BCUT2D eigenvalue weighted by Crippen LogP contribution is 2.24. The Morgan fingerprint density at radius 1 is 1.21 bits per heavy atom. The van der Waals surface area contributed by atoms with Gasteiger partial charge in [0.05, 0.1) is 6.04 Å². The molecule has 1 unspecified atom stereocenters. The number of benzene rings is 1. The molecule has 0 fully saturated rings. The van der Waals surface area contributed by atoms with E-state index in [0.717, 1.165) is 0 Å². The van der Waals surface area contributed by atoms with E-state index in [1.807, 2.05) is 0 Å². The Bertz CT molecular complexity index is 377. The molecule has 0 radical (unpaired) electrons. The van der Waals surface area contributed by atoms with E-state index >= 15 is 0 Å². The summed E-state index contributed by atoms with van der Waals surface area (Å²) in [6, 6.07) is 9.05. The predicted octanol–water partition coefficient (Wildman–Crippen LogP) is 3.05. The van der Waals surface area contributed by atoms with Crippen LogP contribution in [0.25, 0.3) is 0 Å². The lowest BCUT2D eigenvalue weighted by Gasteiger charge is -2.26. The molecule has 1 heteroatoms. The van der Waals surface area contributed by atoms with E-state index in [1.54, 1.807) is 0 Å². The average Bonchev–Trinajstić information content (AvgIpc) is 2.18. The van der Waals surface area contributed by atoms with E-state index in [4.69, 9.17) is 0 Å². The second kappa shape index (κ2) is 3.70. The topological polar surface area (TPSA) is 3.24 Å². The van der Waals surface area contributed by atoms with Crippen molar-refractivity contribution in [1.82, 2.24) is 4.90 Å². The van der Waals surface area contributed by atoms with Crippen molar-refractivity contribution in [3.63, 3.8) is 0 Å². The lowest BCUT2D eigenvalue weighted by molar-refractivity contribution is 0.389. The maximum absolute atomic E-state index is 2.24. The van der Waals surface area contributed by atoms with Crippen LogP contribution in [0, 0.1) is 6.92 Å². The van der Waals surface area contributed by atoms with Crippen molar-refractivity contribution >= 4 is 0 Å². The number of allylic oxidation sites excluding steroid dienone is 2. The molecule has 14 heavy (non-hydrogen) atoms. The first-order valence-electron chi connectivity index (χ1n) is 4.91. The summed E-state index contributed by atoms with van der Waals surface area (Å²) >= 11 is 0. The maximum Gasteiger partial charge on any atom is 0.0721 e. The molecule has 1 nitrogen and oxygen atoms in total. The first kappa shape index (κ1) is 9.07. The molecule has 0 aromatic heterocycles. The SMILES string of the molecule is Cc1cccc(C2C=CC=CN2C)c1. The van der Waals surface area contributed by atoms with Crippen molar-refractivity contribution in [3.8, 4) is 0 Å². The molecule has 72 valence electrons. The first-order valence-corrected chi connectivity index (χ1v) is 4.91. The van der Waals surface area contributed by atoms with Crippen LogP contribution >= 0.6 is 0 Å². The van der Waals surface area contributed by atoms with Crippen LogP contribution in [0.4, 0.5) is 0 Å². The van der Waals surface area contributed by atoms with Crippen LogP contribution in [0.3, 0.4) is 0 Å². The Labute approximate surface area is 85.4 Å². The monoisotopic (exact) mass is 185 g/mol. The van der Waals surface area contributed by atoms with Crippen LogP contribution < -0.4 is 0 Å². The van der Waals surface area contributed by atoms with Gasteiger partial charge in [-0.15, -0.1) is 0 Å². The second-order valence-electron chi connectivity index (χ2n) is 3.75. The van der Waals surface area contributed by atoms with Crippen molar-refractivity contribution in [2.24, 2.45) is 0 Å². The Hall–Kier alpha value is -1.50. The van der Waals surface area contributed by atoms with Crippen molar-refractivity contribution in [1.29, 1.82) is 0 Å². The molecule has 1 aromatic carbocycles. The molecule has 0 aliphatic carbocycles. The summed E-state index contributed by atoms with van der Waals surface area (Å²) in [5.41, 5.74) is 2.67. The van der Waals surface area contributed by atoms with Gasteiger partial charge in [-0.05, 0) is 24.8 Å². The zero-order valence-electron chi connectivity index (χ0n) is 8.64. The fraction of sp³-hybridized carbons (Fsp3) is 0.231. The van der Waals surface area contributed by atoms with E-state index in [9.17, 15) is 0 Å². The predicted molar refractivity (Wildman–Crippen MR) is 60.0 cm³/mol. The molecule has 0 spiro atoms. The lowest BCUT2D eigenvalue weighted by Crippen LogP contribution is -2.18. The van der Waals surface area contributed by atoms with Gasteiger partial charge >= 0.3 is 0 Å². The second-order valence-corrected chi connectivity index (χ2v) is 3.75. The molecule has 1 atom stereocenters. The van der Waals surface area contributed by atoms with Gasteiger partial charge < -0.3 is 4.90 Å². The highest BCUT2D eigenvalue weighted by molar-refractivity contribution is 5.30. The van der Waals surface area contributed by atoms with Crippen LogP contribution in [-0.4, -0.2) is 11.9 Å². The third-order valence-corrected chi connectivity index (χ3v) is 2.55. The van der Waals surface area contributed by atoms with E-state index in [1.165, 1.54) is 11.1 Å². The van der Waals surface area contributed by atoms with Crippen LogP contribution in [-0.2, 0) is 0 Å². The minimum Gasteiger partial charge on any atom is -0.370 e. The fourth-order valence-electron chi connectivity index (χ4n) is 1.78. The van der Waals surface area contributed by atoms with Gasteiger partial charge in [0.25, 0.3) is 0 Å². The Kier molecular flexibility index (Phi) is 2.40. The number of aryl methyl sites for hydroxylation is 1. The lowest BCUT2D eigenvalue weighted by atomic mass is 10.0. The minimum absolute atomic E-state index is 0.389. The standard InChI is InChI=1S/C13H15N/c1-11-6-5-7-12(10-11)13-8-3-4-9-14(13)2/h3-10,13H,1-2H3. The summed E-state index contributed by atoms with van der Waals surface area (Å²) in [6.45, 7) is 2.13. The number of likely N-dealkylation sites (N-methyl/N-ethyl adjacent to an activating group) is 1. The molecular formula is C13H15N. The molecule has 0 saturated heterocycles. The van der Waals surface area contributed by atoms with Crippen LogP contribution in [0.1, 0.15) is 17.2 Å². The Morgan fingerprint density at radius 2 is 2.07 bits per heavy atom. The van der Waals surface area contributed by atoms with Crippen LogP contribution in [0.5, 0.6) is 0 Å². The zero-order chi connectivity index (χ0) is 9.97. The number of hydrogen-bond acceptors (Lipinski definition) is 1. The number of rotatable bonds is 1. The molecule has 1 aromatic rings. The average molecular weight is 185 g/mol. The van der Waals surface area contributed by atoms with Gasteiger partial charge in [0.1, 0.15) is 0 Å². The molecule has 1 aliphatic heterocycles. The van der Waals surface area contributed by atoms with E-state index in [-0.39, 0.29) is 0 Å². The number of hydrogen-bond donors (Lipinski definition) is 0. The van der Waals surface area contributed by atoms with Gasteiger partial charge in [0.15, 0.2) is 0 Å². The van der Waals surface area contributed by atoms with Gasteiger partial charge in [0.2, 0.25) is 0 Å². The van der Waals surface area contributed by atoms with E-state index in [0.29, 0.717) is 6.04 Å². The summed E-state index contributed by atoms with van der Waals surface area (Å²) in [6.07, 6.45) is 8.49. The zero-order valence-corrected chi connectivity index (χ0v) is 8.64. The third-order valence-electron chi connectivity index (χ3n) is 2.55. The summed E-state index contributed by atoms with van der Waals surface area (Å²) in [5.74, 6) is 0. The van der Waals surface area contributed by atoms with E-state index in [2.05, 4.69) is 67.6 Å². The van der Waals surface area contributed by atoms with E-state index < -0.39 is 0 Å². The van der Waals surface area contributed by atoms with Crippen molar-refractivity contribution in [3.05, 3.63) is 59.8 Å². The van der Waals surface area contributed by atoms with Gasteiger partial charge in [-0.2, -0.15) is 0 Å². The molecule has 0 amide bonds. The summed E-state index contributed by atoms with van der Waals surface area (Å²) in [4.78, 5) is 2.22. The van der Waals surface area contributed by atoms with Gasteiger partial charge in [-0.3, -0.25) is 0 Å². The van der Waals surface area contributed by atoms with Gasteiger partial charge in [-0.25, -0.2) is 0 Å². The maximum atomic E-state index is 2.24. The quantitative estimate of drug-likeness (QED) is 0.650. The van der Waals surface area contributed by atoms with Crippen LogP contribution in [0.2, 0.25) is 0 Å². The molecule has 2 rings (SSSR count). The summed E-state index contributed by atoms with van der Waals surface area (Å²) < 4.78 is 0. The van der Waals surface area contributed by atoms with Crippen molar-refractivity contribution < 1.29 is 0 Å². The van der Waals surface area contributed by atoms with Crippen molar-refractivity contribution in [2.75, 3.05) is 7.05 Å². The largest absolute Gasteiger partial charge is 0.370 e. The Morgan fingerprint density at radius 3 is 2.79 bits per heavy atom. The smallest absolute Gasteiger partial charge is 0.0721 e. The third kappa shape index (κ3) is 1.72. The van der Waals surface area contributed by atoms with Crippen LogP contribution in [0.15, 0.2) is 48.7 Å². The molecule has 1 aliphatic rings. The highest BCUT2D eigenvalue weighted by atomic mass is 15.1.